The summed E-state index contributed by atoms with van der Waals surface area (Å²) >= 11 is 5.99. The number of rotatable bonds is 2. The summed E-state index contributed by atoms with van der Waals surface area (Å²) in [5.74, 6) is 0. The third-order valence-electron chi connectivity index (χ3n) is 2.97. The Morgan fingerprint density at radius 3 is 2.89 bits per heavy atom. The van der Waals surface area contributed by atoms with Gasteiger partial charge in [-0.25, -0.2) is 4.98 Å². The fourth-order valence-electron chi connectivity index (χ4n) is 2.03. The van der Waals surface area contributed by atoms with Gasteiger partial charge in [0.1, 0.15) is 0 Å². The number of aromatic nitrogens is 2. The molecule has 0 saturated heterocycles. The first-order chi connectivity index (χ1) is 8.74. The topological polar surface area (TPSA) is 43.8 Å². The van der Waals surface area contributed by atoms with E-state index in [1.165, 1.54) is 0 Å². The number of hydrogen-bond acceptors (Lipinski definition) is 2. The molecule has 3 rings (SSSR count). The van der Waals surface area contributed by atoms with Crippen molar-refractivity contribution in [2.24, 2.45) is 0 Å². The summed E-state index contributed by atoms with van der Waals surface area (Å²) in [4.78, 5) is 4.36. The Kier molecular flexibility index (Phi) is 2.68. The number of imidazole rings is 1. The van der Waals surface area contributed by atoms with Crippen LogP contribution >= 0.6 is 11.6 Å². The zero-order valence-electron chi connectivity index (χ0n) is 9.68. The highest BCUT2D eigenvalue weighted by Gasteiger charge is 2.05. The van der Waals surface area contributed by atoms with Crippen molar-refractivity contribution in [2.45, 2.75) is 6.54 Å². The molecule has 90 valence electrons. The summed E-state index contributed by atoms with van der Waals surface area (Å²) in [5.41, 5.74) is 9.79. The predicted octanol–water partition coefficient (Wildman–Crippen LogP) is 3.32. The highest BCUT2D eigenvalue weighted by Crippen LogP contribution is 2.21. The highest BCUT2D eigenvalue weighted by molar-refractivity contribution is 6.30. The summed E-state index contributed by atoms with van der Waals surface area (Å²) in [6.07, 6.45) is 1.82. The van der Waals surface area contributed by atoms with Crippen molar-refractivity contribution in [3.63, 3.8) is 0 Å². The van der Waals surface area contributed by atoms with Crippen LogP contribution in [-0.4, -0.2) is 9.55 Å². The second-order valence-electron chi connectivity index (χ2n) is 4.20. The number of nitrogen functional groups attached to an aromatic ring is 1. The summed E-state index contributed by atoms with van der Waals surface area (Å²) in [6, 6.07) is 13.5. The number of nitrogens with zero attached hydrogens (tertiary/aromatic N) is 2. The van der Waals surface area contributed by atoms with Crippen molar-refractivity contribution in [3.05, 3.63) is 59.4 Å². The van der Waals surface area contributed by atoms with Crippen LogP contribution in [0.15, 0.2) is 48.8 Å². The van der Waals surface area contributed by atoms with Gasteiger partial charge < -0.3 is 10.3 Å². The van der Waals surface area contributed by atoms with Gasteiger partial charge in [0.05, 0.1) is 23.9 Å². The van der Waals surface area contributed by atoms with Gasteiger partial charge in [0.15, 0.2) is 0 Å². The molecule has 3 nitrogen and oxygen atoms in total. The number of para-hydroxylation sites is 2. The lowest BCUT2D eigenvalue weighted by atomic mass is 10.2. The van der Waals surface area contributed by atoms with Crippen LogP contribution in [0.1, 0.15) is 5.56 Å². The molecule has 1 heterocycles. The quantitative estimate of drug-likeness (QED) is 0.716. The molecule has 2 N–H and O–H groups in total. The molecule has 0 aliphatic carbocycles. The largest absolute Gasteiger partial charge is 0.398 e. The molecule has 0 saturated carbocycles. The molecular weight excluding hydrogens is 246 g/mol. The van der Waals surface area contributed by atoms with Crippen LogP contribution in [0, 0.1) is 0 Å². The van der Waals surface area contributed by atoms with Crippen LogP contribution in [0.4, 0.5) is 5.69 Å². The number of nitrogens with two attached hydrogens (primary N) is 1. The molecular formula is C14H12ClN3. The molecule has 0 aliphatic heterocycles. The van der Waals surface area contributed by atoms with E-state index in [2.05, 4.69) is 9.55 Å². The molecule has 2 aromatic carbocycles. The third-order valence-corrected chi connectivity index (χ3v) is 3.21. The fraction of sp³-hybridized carbons (Fsp3) is 0.0714. The SMILES string of the molecule is Nc1ccc(Cl)cc1Cn1cnc2ccccc21. The van der Waals surface area contributed by atoms with Crippen LogP contribution < -0.4 is 5.73 Å². The summed E-state index contributed by atoms with van der Waals surface area (Å²) in [6.45, 7) is 0.674. The van der Waals surface area contributed by atoms with E-state index in [-0.39, 0.29) is 0 Å². The fourth-order valence-corrected chi connectivity index (χ4v) is 2.23. The van der Waals surface area contributed by atoms with Gasteiger partial charge in [-0.05, 0) is 35.9 Å². The Morgan fingerprint density at radius 1 is 1.17 bits per heavy atom. The van der Waals surface area contributed by atoms with Gasteiger partial charge in [-0.15, -0.1) is 0 Å². The molecule has 0 bridgehead atoms. The van der Waals surface area contributed by atoms with Gasteiger partial charge in [0, 0.05) is 10.7 Å². The Labute approximate surface area is 110 Å². The van der Waals surface area contributed by atoms with Crippen LogP contribution in [0.5, 0.6) is 0 Å². The summed E-state index contributed by atoms with van der Waals surface area (Å²) < 4.78 is 2.07. The van der Waals surface area contributed by atoms with Crippen molar-refractivity contribution < 1.29 is 0 Å². The second-order valence-corrected chi connectivity index (χ2v) is 4.64. The van der Waals surface area contributed by atoms with E-state index in [9.17, 15) is 0 Å². The lowest BCUT2D eigenvalue weighted by Crippen LogP contribution is -2.01. The minimum Gasteiger partial charge on any atom is -0.398 e. The van der Waals surface area contributed by atoms with Crippen molar-refractivity contribution in [3.8, 4) is 0 Å². The van der Waals surface area contributed by atoms with E-state index < -0.39 is 0 Å². The average Bonchev–Trinajstić information content (AvgIpc) is 2.78. The number of fused-ring (bicyclic) bond motifs is 1. The van der Waals surface area contributed by atoms with Crippen LogP contribution in [0.2, 0.25) is 5.02 Å². The number of halogens is 1. The van der Waals surface area contributed by atoms with E-state index in [1.54, 1.807) is 6.07 Å². The van der Waals surface area contributed by atoms with E-state index in [0.717, 1.165) is 22.3 Å². The highest BCUT2D eigenvalue weighted by atomic mass is 35.5. The van der Waals surface area contributed by atoms with Crippen molar-refractivity contribution in [2.75, 3.05) is 5.73 Å². The third kappa shape index (κ3) is 1.93. The molecule has 0 amide bonds. The molecule has 0 aliphatic rings. The number of anilines is 1. The molecule has 18 heavy (non-hydrogen) atoms. The zero-order chi connectivity index (χ0) is 12.5. The normalized spacial score (nSPS) is 10.9. The Balaban J connectivity index is 2.04. The Morgan fingerprint density at radius 2 is 2.00 bits per heavy atom. The molecule has 3 aromatic rings. The molecule has 0 atom stereocenters. The maximum absolute atomic E-state index is 5.99. The van der Waals surface area contributed by atoms with Crippen LogP contribution in [0.25, 0.3) is 11.0 Å². The van der Waals surface area contributed by atoms with Crippen LogP contribution in [0.3, 0.4) is 0 Å². The van der Waals surface area contributed by atoms with Crippen molar-refractivity contribution in [1.29, 1.82) is 0 Å². The van der Waals surface area contributed by atoms with Crippen molar-refractivity contribution in [1.82, 2.24) is 9.55 Å². The molecule has 0 fully saturated rings. The average molecular weight is 258 g/mol. The lowest BCUT2D eigenvalue weighted by molar-refractivity contribution is 0.826. The maximum atomic E-state index is 5.99. The zero-order valence-corrected chi connectivity index (χ0v) is 10.4. The van der Waals surface area contributed by atoms with E-state index in [0.29, 0.717) is 11.6 Å². The van der Waals surface area contributed by atoms with Gasteiger partial charge in [-0.2, -0.15) is 0 Å². The van der Waals surface area contributed by atoms with Gasteiger partial charge in [-0.1, -0.05) is 23.7 Å². The van der Waals surface area contributed by atoms with E-state index in [4.69, 9.17) is 17.3 Å². The smallest absolute Gasteiger partial charge is 0.0961 e. The van der Waals surface area contributed by atoms with Gasteiger partial charge in [0.25, 0.3) is 0 Å². The first kappa shape index (κ1) is 11.1. The Bertz CT molecular complexity index is 703. The van der Waals surface area contributed by atoms with E-state index in [1.807, 2.05) is 42.7 Å². The monoisotopic (exact) mass is 257 g/mol. The van der Waals surface area contributed by atoms with E-state index >= 15 is 0 Å². The van der Waals surface area contributed by atoms with Gasteiger partial charge in [-0.3, -0.25) is 0 Å². The molecule has 0 radical (unpaired) electrons. The molecule has 1 aromatic heterocycles. The van der Waals surface area contributed by atoms with Gasteiger partial charge >= 0.3 is 0 Å². The first-order valence-electron chi connectivity index (χ1n) is 5.68. The maximum Gasteiger partial charge on any atom is 0.0961 e. The molecule has 4 heteroatoms. The van der Waals surface area contributed by atoms with Crippen molar-refractivity contribution >= 4 is 28.3 Å². The minimum absolute atomic E-state index is 0.674. The summed E-state index contributed by atoms with van der Waals surface area (Å²) in [7, 11) is 0. The molecule has 0 unspecified atom stereocenters. The standard InChI is InChI=1S/C14H12ClN3/c15-11-5-6-12(16)10(7-11)8-18-9-17-13-3-1-2-4-14(13)18/h1-7,9H,8,16H2. The summed E-state index contributed by atoms with van der Waals surface area (Å²) in [5, 5.41) is 0.698. The second kappa shape index (κ2) is 4.35. The minimum atomic E-state index is 0.674. The number of benzene rings is 2. The lowest BCUT2D eigenvalue weighted by Gasteiger charge is -2.08. The number of hydrogen-bond donors (Lipinski definition) is 1. The molecule has 0 spiro atoms. The first-order valence-corrected chi connectivity index (χ1v) is 6.05. The predicted molar refractivity (Wildman–Crippen MR) is 74.7 cm³/mol. The Hall–Kier alpha value is -2.00. The van der Waals surface area contributed by atoms with Gasteiger partial charge in [0.2, 0.25) is 0 Å². The van der Waals surface area contributed by atoms with Crippen LogP contribution in [-0.2, 0) is 6.54 Å².